The summed E-state index contributed by atoms with van der Waals surface area (Å²) < 4.78 is 0. The summed E-state index contributed by atoms with van der Waals surface area (Å²) >= 11 is 0. The van der Waals surface area contributed by atoms with Crippen molar-refractivity contribution >= 4 is 0 Å². The Morgan fingerprint density at radius 2 is 2.14 bits per heavy atom. The lowest BCUT2D eigenvalue weighted by Gasteiger charge is -2.33. The van der Waals surface area contributed by atoms with E-state index < -0.39 is 0 Å². The summed E-state index contributed by atoms with van der Waals surface area (Å²) in [6.45, 7) is 5.48. The minimum absolute atomic E-state index is 0.136. The summed E-state index contributed by atoms with van der Waals surface area (Å²) in [6, 6.07) is 6.25. The zero-order valence-corrected chi connectivity index (χ0v) is 8.80. The average molecular weight is 191 g/mol. The van der Waals surface area contributed by atoms with Crippen LogP contribution in [0.25, 0.3) is 0 Å². The monoisotopic (exact) mass is 191 g/mol. The normalized spacial score (nSPS) is 19.1. The van der Waals surface area contributed by atoms with Crippen LogP contribution in [0, 0.1) is 0 Å². The number of fused-ring (bicyclic) bond motifs is 1. The molecule has 2 rings (SSSR count). The van der Waals surface area contributed by atoms with Crippen LogP contribution >= 0.6 is 0 Å². The largest absolute Gasteiger partial charge is 0.392 e. The Morgan fingerprint density at radius 1 is 1.36 bits per heavy atom. The van der Waals surface area contributed by atoms with Gasteiger partial charge in [-0.2, -0.15) is 0 Å². The van der Waals surface area contributed by atoms with Gasteiger partial charge in [-0.05, 0) is 37.0 Å². The molecule has 1 aliphatic heterocycles. The van der Waals surface area contributed by atoms with E-state index in [1.54, 1.807) is 0 Å². The van der Waals surface area contributed by atoms with Crippen molar-refractivity contribution in [2.45, 2.75) is 39.0 Å². The highest BCUT2D eigenvalue weighted by molar-refractivity contribution is 5.35. The Kier molecular flexibility index (Phi) is 2.33. The molecule has 0 fully saturated rings. The van der Waals surface area contributed by atoms with E-state index in [0.717, 1.165) is 18.5 Å². The molecule has 2 N–H and O–H groups in total. The molecule has 1 aliphatic rings. The fraction of sp³-hybridized carbons (Fsp3) is 0.500. The minimum atomic E-state index is 0.136. The van der Waals surface area contributed by atoms with E-state index in [1.807, 2.05) is 6.07 Å². The molecule has 0 bridgehead atoms. The first-order valence-corrected chi connectivity index (χ1v) is 5.07. The maximum absolute atomic E-state index is 9.02. The van der Waals surface area contributed by atoms with Crippen molar-refractivity contribution in [1.82, 2.24) is 5.32 Å². The van der Waals surface area contributed by atoms with Gasteiger partial charge < -0.3 is 10.4 Å². The smallest absolute Gasteiger partial charge is 0.0681 e. The minimum Gasteiger partial charge on any atom is -0.392 e. The number of nitrogens with one attached hydrogen (secondary N) is 1. The lowest BCUT2D eigenvalue weighted by atomic mass is 9.87. The maximum atomic E-state index is 9.02. The van der Waals surface area contributed by atoms with Gasteiger partial charge in [0.1, 0.15) is 0 Å². The average Bonchev–Trinajstić information content (AvgIpc) is 2.16. The van der Waals surface area contributed by atoms with Crippen molar-refractivity contribution in [3.05, 3.63) is 34.9 Å². The van der Waals surface area contributed by atoms with E-state index >= 15 is 0 Å². The molecule has 0 aromatic heterocycles. The van der Waals surface area contributed by atoms with Crippen molar-refractivity contribution in [2.24, 2.45) is 0 Å². The molecular formula is C12H17NO. The van der Waals surface area contributed by atoms with Crippen LogP contribution in [0.3, 0.4) is 0 Å². The molecule has 0 saturated heterocycles. The molecule has 1 heterocycles. The third-order valence-corrected chi connectivity index (χ3v) is 2.84. The van der Waals surface area contributed by atoms with Gasteiger partial charge >= 0.3 is 0 Å². The van der Waals surface area contributed by atoms with E-state index in [-0.39, 0.29) is 12.1 Å². The summed E-state index contributed by atoms with van der Waals surface area (Å²) in [5, 5.41) is 12.5. The van der Waals surface area contributed by atoms with Crippen LogP contribution in [0.2, 0.25) is 0 Å². The molecule has 0 radical (unpaired) electrons. The van der Waals surface area contributed by atoms with Gasteiger partial charge in [-0.3, -0.25) is 0 Å². The van der Waals surface area contributed by atoms with Crippen molar-refractivity contribution in [1.29, 1.82) is 0 Å². The van der Waals surface area contributed by atoms with Gasteiger partial charge in [0, 0.05) is 12.1 Å². The molecule has 2 nitrogen and oxygen atoms in total. The van der Waals surface area contributed by atoms with Gasteiger partial charge in [0.15, 0.2) is 0 Å². The first-order valence-electron chi connectivity index (χ1n) is 5.07. The molecule has 14 heavy (non-hydrogen) atoms. The van der Waals surface area contributed by atoms with Gasteiger partial charge in [-0.1, -0.05) is 18.2 Å². The summed E-state index contributed by atoms with van der Waals surface area (Å²) in [4.78, 5) is 0. The molecule has 0 spiro atoms. The number of rotatable bonds is 1. The predicted molar refractivity (Wildman–Crippen MR) is 57.0 cm³/mol. The fourth-order valence-electron chi connectivity index (χ4n) is 1.99. The van der Waals surface area contributed by atoms with Crippen LogP contribution in [-0.2, 0) is 19.6 Å². The Hall–Kier alpha value is -0.860. The first-order chi connectivity index (χ1) is 6.61. The van der Waals surface area contributed by atoms with Crippen LogP contribution < -0.4 is 5.32 Å². The molecule has 2 heteroatoms. The second-order valence-corrected chi connectivity index (χ2v) is 4.68. The van der Waals surface area contributed by atoms with Gasteiger partial charge in [-0.25, -0.2) is 0 Å². The zero-order valence-electron chi connectivity index (χ0n) is 8.80. The van der Waals surface area contributed by atoms with E-state index in [1.165, 1.54) is 11.1 Å². The maximum Gasteiger partial charge on any atom is 0.0681 e. The summed E-state index contributed by atoms with van der Waals surface area (Å²) in [6.07, 6.45) is 1.06. The summed E-state index contributed by atoms with van der Waals surface area (Å²) in [5.74, 6) is 0. The molecular weight excluding hydrogens is 174 g/mol. The number of aliphatic hydroxyl groups excluding tert-OH is 1. The molecule has 0 amide bonds. The predicted octanol–water partition coefficient (Wildman–Crippen LogP) is 1.60. The van der Waals surface area contributed by atoms with Crippen LogP contribution in [0.4, 0.5) is 0 Å². The molecule has 0 aliphatic carbocycles. The lowest BCUT2D eigenvalue weighted by Crippen LogP contribution is -2.44. The molecule has 1 aromatic rings. The Balaban J connectivity index is 2.32. The standard InChI is InChI=1S/C12H17NO/c1-12(2)6-10-4-3-9(8-14)5-11(10)7-13-12/h3-5,13-14H,6-8H2,1-2H3. The summed E-state index contributed by atoms with van der Waals surface area (Å²) in [5.41, 5.74) is 3.94. The van der Waals surface area contributed by atoms with Crippen molar-refractivity contribution in [2.75, 3.05) is 0 Å². The molecule has 0 unspecified atom stereocenters. The quantitative estimate of drug-likeness (QED) is 0.706. The van der Waals surface area contributed by atoms with Crippen molar-refractivity contribution in [3.8, 4) is 0 Å². The third-order valence-electron chi connectivity index (χ3n) is 2.84. The SMILES string of the molecule is CC1(C)Cc2ccc(CO)cc2CN1. The number of hydrogen-bond donors (Lipinski definition) is 2. The second-order valence-electron chi connectivity index (χ2n) is 4.68. The van der Waals surface area contributed by atoms with Gasteiger partial charge in [-0.15, -0.1) is 0 Å². The van der Waals surface area contributed by atoms with E-state index in [0.29, 0.717) is 0 Å². The fourth-order valence-corrected chi connectivity index (χ4v) is 1.99. The molecule has 76 valence electrons. The molecule has 0 saturated carbocycles. The Morgan fingerprint density at radius 3 is 2.86 bits per heavy atom. The van der Waals surface area contributed by atoms with Crippen LogP contribution in [-0.4, -0.2) is 10.6 Å². The second kappa shape index (κ2) is 3.37. The first kappa shape index (κ1) is 9.69. The van der Waals surface area contributed by atoms with Crippen molar-refractivity contribution < 1.29 is 5.11 Å². The van der Waals surface area contributed by atoms with Gasteiger partial charge in [0.25, 0.3) is 0 Å². The Labute approximate surface area is 85.0 Å². The highest BCUT2D eigenvalue weighted by atomic mass is 16.3. The highest BCUT2D eigenvalue weighted by Gasteiger charge is 2.23. The van der Waals surface area contributed by atoms with Crippen molar-refractivity contribution in [3.63, 3.8) is 0 Å². The topological polar surface area (TPSA) is 32.3 Å². The number of hydrogen-bond acceptors (Lipinski definition) is 2. The zero-order chi connectivity index (χ0) is 10.2. The third kappa shape index (κ3) is 1.81. The van der Waals surface area contributed by atoms with Crippen LogP contribution in [0.1, 0.15) is 30.5 Å². The highest BCUT2D eigenvalue weighted by Crippen LogP contribution is 2.23. The van der Waals surface area contributed by atoms with Gasteiger partial charge in [0.2, 0.25) is 0 Å². The molecule has 1 aromatic carbocycles. The van der Waals surface area contributed by atoms with Gasteiger partial charge in [0.05, 0.1) is 6.61 Å². The number of aliphatic hydroxyl groups is 1. The van der Waals surface area contributed by atoms with E-state index in [4.69, 9.17) is 5.11 Å². The molecule has 0 atom stereocenters. The van der Waals surface area contributed by atoms with Crippen LogP contribution in [0.15, 0.2) is 18.2 Å². The number of benzene rings is 1. The van der Waals surface area contributed by atoms with E-state index in [9.17, 15) is 0 Å². The summed E-state index contributed by atoms with van der Waals surface area (Å²) in [7, 11) is 0. The van der Waals surface area contributed by atoms with E-state index in [2.05, 4.69) is 31.3 Å². The lowest BCUT2D eigenvalue weighted by molar-refractivity contribution is 0.281. The Bertz CT molecular complexity index is 344. The van der Waals surface area contributed by atoms with Crippen LogP contribution in [0.5, 0.6) is 0 Å².